The average Bonchev–Trinajstić information content (AvgIpc) is 2.58. The molecule has 2 N–H and O–H groups in total. The van der Waals surface area contributed by atoms with Crippen molar-refractivity contribution in [3.8, 4) is 0 Å². The fourth-order valence-corrected chi connectivity index (χ4v) is 2.39. The number of carbonyl (C=O) groups is 2. The Bertz CT molecular complexity index is 401. The Morgan fingerprint density at radius 2 is 2.25 bits per heavy atom. The second-order valence-electron chi connectivity index (χ2n) is 3.22. The summed E-state index contributed by atoms with van der Waals surface area (Å²) in [5.74, 6) is -0.408. The molecule has 0 radical (unpaired) electrons. The summed E-state index contributed by atoms with van der Waals surface area (Å²) < 4.78 is 0. The van der Waals surface area contributed by atoms with Crippen molar-refractivity contribution >= 4 is 40.7 Å². The van der Waals surface area contributed by atoms with E-state index in [0.717, 1.165) is 22.7 Å². The first-order valence-electron chi connectivity index (χ1n) is 4.66. The summed E-state index contributed by atoms with van der Waals surface area (Å²) in [6, 6.07) is 0. The molecular formula is C10H13NO3S2. The Morgan fingerprint density at radius 3 is 2.81 bits per heavy atom. The van der Waals surface area contributed by atoms with Gasteiger partial charge in [-0.05, 0) is 24.1 Å². The number of rotatable bonds is 5. The molecule has 16 heavy (non-hydrogen) atoms. The van der Waals surface area contributed by atoms with Gasteiger partial charge in [0.1, 0.15) is 4.88 Å². The molecule has 0 bridgehead atoms. The van der Waals surface area contributed by atoms with Gasteiger partial charge in [-0.2, -0.15) is 11.8 Å². The first kappa shape index (κ1) is 13.1. The number of carbonyl (C=O) groups excluding carboxylic acids is 1. The summed E-state index contributed by atoms with van der Waals surface area (Å²) in [5, 5.41) is 13.3. The number of amides is 1. The standard InChI is InChI=1S/C10H13NO3S2/c1-6-5-16-9(10(13)14)8(6)11-7(12)3-4-15-2/h5H,3-4H2,1-2H3,(H,11,12)(H,13,14). The molecule has 0 unspecified atom stereocenters. The van der Waals surface area contributed by atoms with Gasteiger partial charge in [0.2, 0.25) is 5.91 Å². The SMILES string of the molecule is CSCCC(=O)Nc1c(C)csc1C(=O)O. The molecule has 1 aromatic rings. The molecule has 88 valence electrons. The van der Waals surface area contributed by atoms with E-state index in [9.17, 15) is 9.59 Å². The third kappa shape index (κ3) is 3.24. The van der Waals surface area contributed by atoms with Crippen LogP contribution >= 0.6 is 23.1 Å². The minimum Gasteiger partial charge on any atom is -0.477 e. The third-order valence-electron chi connectivity index (χ3n) is 1.97. The summed E-state index contributed by atoms with van der Waals surface area (Å²) in [6.45, 7) is 1.78. The van der Waals surface area contributed by atoms with Crippen LogP contribution in [-0.2, 0) is 4.79 Å². The van der Waals surface area contributed by atoms with E-state index in [-0.39, 0.29) is 10.8 Å². The van der Waals surface area contributed by atoms with Crippen LogP contribution in [0.3, 0.4) is 0 Å². The molecule has 1 amide bonds. The predicted octanol–water partition coefficient (Wildman–Crippen LogP) is 2.45. The zero-order valence-electron chi connectivity index (χ0n) is 9.07. The molecule has 0 aromatic carbocycles. The van der Waals surface area contributed by atoms with E-state index in [4.69, 9.17) is 5.11 Å². The molecule has 0 aliphatic carbocycles. The van der Waals surface area contributed by atoms with E-state index in [1.54, 1.807) is 24.1 Å². The lowest BCUT2D eigenvalue weighted by molar-refractivity contribution is -0.115. The van der Waals surface area contributed by atoms with Gasteiger partial charge in [0.15, 0.2) is 0 Å². The predicted molar refractivity (Wildman–Crippen MR) is 67.6 cm³/mol. The molecule has 0 aliphatic rings. The lowest BCUT2D eigenvalue weighted by Gasteiger charge is -2.05. The van der Waals surface area contributed by atoms with Crippen molar-refractivity contribution in [1.29, 1.82) is 0 Å². The van der Waals surface area contributed by atoms with Gasteiger partial charge in [-0.25, -0.2) is 4.79 Å². The summed E-state index contributed by atoms with van der Waals surface area (Å²) in [4.78, 5) is 22.6. The summed E-state index contributed by atoms with van der Waals surface area (Å²) >= 11 is 2.71. The van der Waals surface area contributed by atoms with Crippen molar-refractivity contribution < 1.29 is 14.7 Å². The van der Waals surface area contributed by atoms with Crippen LogP contribution < -0.4 is 5.32 Å². The first-order chi connectivity index (χ1) is 7.56. The zero-order valence-corrected chi connectivity index (χ0v) is 10.7. The second-order valence-corrected chi connectivity index (χ2v) is 5.08. The Labute approximate surface area is 102 Å². The van der Waals surface area contributed by atoms with Crippen molar-refractivity contribution in [3.05, 3.63) is 15.8 Å². The minimum absolute atomic E-state index is 0.140. The molecule has 0 aliphatic heterocycles. The number of nitrogens with one attached hydrogen (secondary N) is 1. The van der Waals surface area contributed by atoms with Crippen LogP contribution in [0.15, 0.2) is 5.38 Å². The lowest BCUT2D eigenvalue weighted by Crippen LogP contribution is -2.14. The van der Waals surface area contributed by atoms with Gasteiger partial charge in [-0.3, -0.25) is 4.79 Å². The van der Waals surface area contributed by atoms with E-state index in [1.807, 2.05) is 6.26 Å². The minimum atomic E-state index is -1.00. The molecule has 4 nitrogen and oxygen atoms in total. The molecule has 6 heteroatoms. The van der Waals surface area contributed by atoms with E-state index in [1.165, 1.54) is 0 Å². The van der Waals surface area contributed by atoms with Crippen molar-refractivity contribution in [3.63, 3.8) is 0 Å². The fourth-order valence-electron chi connectivity index (χ4n) is 1.15. The number of carboxylic acid groups (broad SMARTS) is 1. The number of hydrogen-bond donors (Lipinski definition) is 2. The molecule has 0 saturated heterocycles. The highest BCUT2D eigenvalue weighted by atomic mass is 32.2. The van der Waals surface area contributed by atoms with Crippen LogP contribution in [-0.4, -0.2) is 29.0 Å². The maximum Gasteiger partial charge on any atom is 0.348 e. The third-order valence-corrected chi connectivity index (χ3v) is 3.67. The van der Waals surface area contributed by atoms with E-state index >= 15 is 0 Å². The van der Waals surface area contributed by atoms with Crippen LogP contribution in [0.5, 0.6) is 0 Å². The molecule has 0 fully saturated rings. The number of aryl methyl sites for hydroxylation is 1. The Hall–Kier alpha value is -1.01. The molecule has 0 saturated carbocycles. The van der Waals surface area contributed by atoms with Gasteiger partial charge in [-0.1, -0.05) is 0 Å². The van der Waals surface area contributed by atoms with Crippen molar-refractivity contribution in [2.24, 2.45) is 0 Å². The highest BCUT2D eigenvalue weighted by Crippen LogP contribution is 2.27. The first-order valence-corrected chi connectivity index (χ1v) is 6.93. The number of thioether (sulfide) groups is 1. The van der Waals surface area contributed by atoms with E-state index < -0.39 is 5.97 Å². The monoisotopic (exact) mass is 259 g/mol. The van der Waals surface area contributed by atoms with Gasteiger partial charge in [0.25, 0.3) is 0 Å². The second kappa shape index (κ2) is 5.91. The Kier molecular flexibility index (Phi) is 4.82. The van der Waals surface area contributed by atoms with Crippen LogP contribution in [0.1, 0.15) is 21.7 Å². The Morgan fingerprint density at radius 1 is 1.56 bits per heavy atom. The number of anilines is 1. The normalized spacial score (nSPS) is 10.1. The molecule has 1 heterocycles. The molecule has 1 aromatic heterocycles. The zero-order chi connectivity index (χ0) is 12.1. The number of thiophene rings is 1. The maximum atomic E-state index is 11.5. The highest BCUT2D eigenvalue weighted by Gasteiger charge is 2.16. The quantitative estimate of drug-likeness (QED) is 0.852. The van der Waals surface area contributed by atoms with Crippen molar-refractivity contribution in [2.45, 2.75) is 13.3 Å². The number of carboxylic acids is 1. The van der Waals surface area contributed by atoms with Crippen LogP contribution in [0.25, 0.3) is 0 Å². The lowest BCUT2D eigenvalue weighted by atomic mass is 10.2. The van der Waals surface area contributed by atoms with Gasteiger partial charge >= 0.3 is 5.97 Å². The van der Waals surface area contributed by atoms with Crippen LogP contribution in [0.4, 0.5) is 5.69 Å². The van der Waals surface area contributed by atoms with Gasteiger partial charge in [0, 0.05) is 12.2 Å². The highest BCUT2D eigenvalue weighted by molar-refractivity contribution is 7.98. The van der Waals surface area contributed by atoms with E-state index in [2.05, 4.69) is 5.32 Å². The largest absolute Gasteiger partial charge is 0.477 e. The van der Waals surface area contributed by atoms with Crippen molar-refractivity contribution in [2.75, 3.05) is 17.3 Å². The van der Waals surface area contributed by atoms with Gasteiger partial charge in [0.05, 0.1) is 5.69 Å². The summed E-state index contributed by atoms with van der Waals surface area (Å²) in [7, 11) is 0. The van der Waals surface area contributed by atoms with Crippen molar-refractivity contribution in [1.82, 2.24) is 0 Å². The summed E-state index contributed by atoms with van der Waals surface area (Å²) in [5.41, 5.74) is 1.23. The van der Waals surface area contributed by atoms with Gasteiger partial charge < -0.3 is 10.4 Å². The van der Waals surface area contributed by atoms with Gasteiger partial charge in [-0.15, -0.1) is 11.3 Å². The number of hydrogen-bond acceptors (Lipinski definition) is 4. The Balaban J connectivity index is 2.76. The molecular weight excluding hydrogens is 246 g/mol. The maximum absolute atomic E-state index is 11.5. The number of aromatic carboxylic acids is 1. The molecule has 0 spiro atoms. The van der Waals surface area contributed by atoms with Crippen LogP contribution in [0.2, 0.25) is 0 Å². The van der Waals surface area contributed by atoms with Crippen LogP contribution in [0, 0.1) is 6.92 Å². The topological polar surface area (TPSA) is 66.4 Å². The fraction of sp³-hybridized carbons (Fsp3) is 0.400. The molecule has 0 atom stereocenters. The molecule has 1 rings (SSSR count). The average molecular weight is 259 g/mol. The van der Waals surface area contributed by atoms with E-state index in [0.29, 0.717) is 12.1 Å². The summed E-state index contributed by atoms with van der Waals surface area (Å²) in [6.07, 6.45) is 2.32. The smallest absolute Gasteiger partial charge is 0.348 e.